The minimum Gasteiger partial charge on any atom is -0.456 e. The van der Waals surface area contributed by atoms with Gasteiger partial charge in [0.15, 0.2) is 0 Å². The Morgan fingerprint density at radius 1 is 0.540 bits per heavy atom. The Morgan fingerprint density at radius 2 is 1.18 bits per heavy atom. The van der Waals surface area contributed by atoms with E-state index in [-0.39, 0.29) is 0 Å². The summed E-state index contributed by atoms with van der Waals surface area (Å²) >= 11 is 0. The molecule has 9 rings (SSSR count). The monoisotopic (exact) mass is 642 g/mol. The third-order valence-electron chi connectivity index (χ3n) is 9.12. The molecule has 0 aliphatic heterocycles. The highest BCUT2D eigenvalue weighted by molar-refractivity contribution is 6.06. The summed E-state index contributed by atoms with van der Waals surface area (Å²) in [5.74, 6) is 0.563. The molecule has 50 heavy (non-hydrogen) atoms. The van der Waals surface area contributed by atoms with Gasteiger partial charge in [0.1, 0.15) is 11.2 Å². The van der Waals surface area contributed by atoms with Crippen LogP contribution in [-0.4, -0.2) is 19.5 Å². The minimum atomic E-state index is 0.563. The molecule has 236 valence electrons. The van der Waals surface area contributed by atoms with Gasteiger partial charge in [-0.05, 0) is 59.2 Å². The van der Waals surface area contributed by atoms with Crippen LogP contribution in [0.3, 0.4) is 0 Å². The van der Waals surface area contributed by atoms with Crippen molar-refractivity contribution in [3.63, 3.8) is 0 Å². The molecular weight excluding hydrogens is 613 g/mol. The molecule has 0 aliphatic carbocycles. The van der Waals surface area contributed by atoms with Crippen molar-refractivity contribution in [3.8, 4) is 39.6 Å². The van der Waals surface area contributed by atoms with E-state index in [9.17, 15) is 0 Å². The van der Waals surface area contributed by atoms with Gasteiger partial charge in [-0.3, -0.25) is 4.57 Å². The summed E-state index contributed by atoms with van der Waals surface area (Å²) in [5.41, 5.74) is 11.6. The quantitative estimate of drug-likeness (QED) is 0.174. The van der Waals surface area contributed by atoms with Crippen molar-refractivity contribution < 1.29 is 4.42 Å². The fourth-order valence-corrected chi connectivity index (χ4v) is 6.70. The van der Waals surface area contributed by atoms with Gasteiger partial charge in [-0.1, -0.05) is 122 Å². The van der Waals surface area contributed by atoms with E-state index in [2.05, 4.69) is 108 Å². The number of rotatable bonds is 7. The third-order valence-corrected chi connectivity index (χ3v) is 9.12. The Hall–Kier alpha value is -6.85. The number of pyridine rings is 1. The molecule has 0 radical (unpaired) electrons. The topological polar surface area (TPSA) is 56.7 Å². The summed E-state index contributed by atoms with van der Waals surface area (Å²) in [7, 11) is 0. The van der Waals surface area contributed by atoms with Crippen molar-refractivity contribution in [2.24, 2.45) is 0 Å². The summed E-state index contributed by atoms with van der Waals surface area (Å²) in [4.78, 5) is 14.9. The van der Waals surface area contributed by atoms with Crippen molar-refractivity contribution >= 4 is 51.1 Å². The first-order valence-electron chi connectivity index (χ1n) is 16.5. The Morgan fingerprint density at radius 3 is 1.94 bits per heavy atom. The van der Waals surface area contributed by atoms with Crippen molar-refractivity contribution in [1.82, 2.24) is 19.5 Å². The molecule has 0 unspecified atom stereocenters. The van der Waals surface area contributed by atoms with E-state index in [4.69, 9.17) is 19.4 Å². The first kappa shape index (κ1) is 29.3. The molecule has 0 N–H and O–H groups in total. The van der Waals surface area contributed by atoms with Gasteiger partial charge in [0.25, 0.3) is 0 Å². The van der Waals surface area contributed by atoms with Gasteiger partial charge >= 0.3 is 0 Å². The second kappa shape index (κ2) is 12.3. The number of hydrogen-bond acceptors (Lipinski definition) is 4. The lowest BCUT2D eigenvalue weighted by atomic mass is 10.0. The molecule has 0 amide bonds. The number of nitrogens with zero attached hydrogens (tertiary/aromatic N) is 4. The van der Waals surface area contributed by atoms with Gasteiger partial charge in [-0.2, -0.15) is 0 Å². The largest absolute Gasteiger partial charge is 0.456 e. The number of fused-ring (bicyclic) bond motifs is 4. The minimum absolute atomic E-state index is 0.563. The van der Waals surface area contributed by atoms with Crippen LogP contribution >= 0.6 is 0 Å². The molecule has 0 saturated heterocycles. The molecule has 4 aromatic heterocycles. The van der Waals surface area contributed by atoms with Gasteiger partial charge in [-0.25, -0.2) is 15.0 Å². The Labute approximate surface area is 289 Å². The SMILES string of the molecule is C=Cc1c(C=Cc2ccc3oc4ccccc4c3c2)c2ccccc2n1-c1ncc(-c2cc(-c3ccccc3)cc(-c3ccccc3)n2)cn1. The lowest BCUT2D eigenvalue weighted by molar-refractivity contribution is 0.669. The normalized spacial score (nSPS) is 11.6. The van der Waals surface area contributed by atoms with E-state index in [1.165, 1.54) is 0 Å². The van der Waals surface area contributed by atoms with Gasteiger partial charge in [-0.15, -0.1) is 0 Å². The maximum Gasteiger partial charge on any atom is 0.234 e. The highest BCUT2D eigenvalue weighted by Crippen LogP contribution is 2.34. The van der Waals surface area contributed by atoms with Crippen LogP contribution in [0.5, 0.6) is 0 Å². The summed E-state index contributed by atoms with van der Waals surface area (Å²) in [6.07, 6.45) is 9.88. The number of hydrogen-bond donors (Lipinski definition) is 0. The molecule has 5 aromatic carbocycles. The maximum atomic E-state index is 6.05. The summed E-state index contributed by atoms with van der Waals surface area (Å²) in [6, 6.07) is 47.6. The van der Waals surface area contributed by atoms with Crippen molar-refractivity contribution in [2.45, 2.75) is 0 Å². The zero-order chi connectivity index (χ0) is 33.4. The number of para-hydroxylation sites is 2. The maximum absolute atomic E-state index is 6.05. The van der Waals surface area contributed by atoms with Gasteiger partial charge in [0.2, 0.25) is 5.95 Å². The van der Waals surface area contributed by atoms with E-state index in [0.717, 1.165) is 83.3 Å². The standard InChI is InChI=1S/C45H30N4O/c1-2-41-36(23-21-30-22-24-44-38(25-30)37-18-10-12-20-43(37)50-44)35-17-9-11-19-42(35)49(41)45-46-28-34(29-47-45)40-27-33(31-13-5-3-6-14-31)26-39(48-40)32-15-7-4-8-16-32/h2-29H,1H2. The van der Waals surface area contributed by atoms with Crippen LogP contribution in [0.2, 0.25) is 0 Å². The van der Waals surface area contributed by atoms with E-state index >= 15 is 0 Å². The molecule has 0 atom stereocenters. The van der Waals surface area contributed by atoms with Gasteiger partial charge in [0, 0.05) is 45.2 Å². The first-order chi connectivity index (χ1) is 24.7. The van der Waals surface area contributed by atoms with Crippen LogP contribution in [0, 0.1) is 0 Å². The highest BCUT2D eigenvalue weighted by atomic mass is 16.3. The number of furan rings is 1. The second-order valence-corrected chi connectivity index (χ2v) is 12.2. The lowest BCUT2D eigenvalue weighted by Crippen LogP contribution is -2.03. The van der Waals surface area contributed by atoms with E-state index in [1.807, 2.05) is 73.1 Å². The first-order valence-corrected chi connectivity index (χ1v) is 16.5. The van der Waals surface area contributed by atoms with Crippen LogP contribution in [0.25, 0.3) is 90.7 Å². The average Bonchev–Trinajstić information content (AvgIpc) is 3.72. The summed E-state index contributed by atoms with van der Waals surface area (Å²) in [5, 5.41) is 3.30. The Kier molecular flexibility index (Phi) is 7.21. The predicted molar refractivity (Wildman–Crippen MR) is 206 cm³/mol. The lowest BCUT2D eigenvalue weighted by Gasteiger charge is -2.11. The fourth-order valence-electron chi connectivity index (χ4n) is 6.70. The van der Waals surface area contributed by atoms with Crippen LogP contribution in [0.1, 0.15) is 16.8 Å². The van der Waals surface area contributed by atoms with Crippen molar-refractivity contribution in [2.75, 3.05) is 0 Å². The molecular formula is C45H30N4O. The Balaban J connectivity index is 1.11. The summed E-state index contributed by atoms with van der Waals surface area (Å²) < 4.78 is 8.12. The van der Waals surface area contributed by atoms with E-state index in [1.54, 1.807) is 0 Å². The molecule has 5 nitrogen and oxygen atoms in total. The highest BCUT2D eigenvalue weighted by Gasteiger charge is 2.17. The molecule has 5 heteroatoms. The van der Waals surface area contributed by atoms with Gasteiger partial charge < -0.3 is 4.42 Å². The molecule has 0 spiro atoms. The molecule has 0 aliphatic rings. The van der Waals surface area contributed by atoms with Crippen LogP contribution in [-0.2, 0) is 0 Å². The number of aromatic nitrogens is 4. The van der Waals surface area contributed by atoms with Gasteiger partial charge in [0.05, 0.1) is 22.6 Å². The Bertz CT molecular complexity index is 2650. The van der Waals surface area contributed by atoms with Crippen molar-refractivity contribution in [1.29, 1.82) is 0 Å². The van der Waals surface area contributed by atoms with E-state index < -0.39 is 0 Å². The average molecular weight is 643 g/mol. The number of benzene rings is 5. The molecule has 9 aromatic rings. The molecule has 4 heterocycles. The smallest absolute Gasteiger partial charge is 0.234 e. The fraction of sp³-hybridized carbons (Fsp3) is 0. The summed E-state index contributed by atoms with van der Waals surface area (Å²) in [6.45, 7) is 4.21. The van der Waals surface area contributed by atoms with Crippen molar-refractivity contribution in [3.05, 3.63) is 175 Å². The zero-order valence-electron chi connectivity index (χ0n) is 27.1. The molecule has 0 fully saturated rings. The van der Waals surface area contributed by atoms with E-state index in [0.29, 0.717) is 5.95 Å². The second-order valence-electron chi connectivity index (χ2n) is 12.2. The van der Waals surface area contributed by atoms with Crippen LogP contribution < -0.4 is 0 Å². The van der Waals surface area contributed by atoms with Crippen LogP contribution in [0.4, 0.5) is 0 Å². The predicted octanol–water partition coefficient (Wildman–Crippen LogP) is 11.5. The third kappa shape index (κ3) is 5.18. The molecule has 0 bridgehead atoms. The van der Waals surface area contributed by atoms with Crippen LogP contribution in [0.15, 0.2) is 163 Å². The molecule has 0 saturated carbocycles. The zero-order valence-corrected chi connectivity index (χ0v) is 27.1.